The van der Waals surface area contributed by atoms with Crippen LogP contribution >= 0.6 is 0 Å². The molecule has 0 spiro atoms. The van der Waals surface area contributed by atoms with Crippen molar-refractivity contribution < 1.29 is 14.6 Å². The van der Waals surface area contributed by atoms with E-state index in [0.29, 0.717) is 5.75 Å². The third kappa shape index (κ3) is 3.25. The molecule has 0 aliphatic carbocycles. The minimum atomic E-state index is -1.00. The molecule has 4 aromatic rings. The summed E-state index contributed by atoms with van der Waals surface area (Å²) < 4.78 is 7.77. The second-order valence-electron chi connectivity index (χ2n) is 6.12. The minimum absolute atomic E-state index is 0.156. The summed E-state index contributed by atoms with van der Waals surface area (Å²) in [6.07, 6.45) is 3.50. The summed E-state index contributed by atoms with van der Waals surface area (Å²) in [7, 11) is 0. The van der Waals surface area contributed by atoms with E-state index in [0.717, 1.165) is 28.1 Å². The van der Waals surface area contributed by atoms with Gasteiger partial charge < -0.3 is 9.84 Å². The van der Waals surface area contributed by atoms with E-state index in [1.165, 1.54) is 6.07 Å². The first-order chi connectivity index (χ1) is 13.1. The molecule has 134 valence electrons. The Morgan fingerprint density at radius 2 is 1.89 bits per heavy atom. The van der Waals surface area contributed by atoms with Gasteiger partial charge in [0.15, 0.2) is 0 Å². The summed E-state index contributed by atoms with van der Waals surface area (Å²) in [6, 6.07) is 16.5. The number of imidazole rings is 1. The molecule has 2 heterocycles. The zero-order chi connectivity index (χ0) is 18.8. The van der Waals surface area contributed by atoms with Crippen molar-refractivity contribution in [3.63, 3.8) is 0 Å². The molecule has 0 amide bonds. The molecule has 27 heavy (non-hydrogen) atoms. The summed E-state index contributed by atoms with van der Waals surface area (Å²) in [5.74, 6) is 0.244. The van der Waals surface area contributed by atoms with Gasteiger partial charge >= 0.3 is 5.97 Å². The van der Waals surface area contributed by atoms with Crippen LogP contribution in [0.3, 0.4) is 0 Å². The number of aryl methyl sites for hydroxylation is 1. The highest BCUT2D eigenvalue weighted by Gasteiger charge is 2.11. The summed E-state index contributed by atoms with van der Waals surface area (Å²) in [5, 5.41) is 9.22. The van der Waals surface area contributed by atoms with E-state index in [4.69, 9.17) is 4.74 Å². The Hall–Kier alpha value is -3.67. The first-order valence-corrected chi connectivity index (χ1v) is 8.47. The fourth-order valence-electron chi connectivity index (χ4n) is 3.05. The lowest BCUT2D eigenvalue weighted by molar-refractivity contribution is 0.0691. The lowest BCUT2D eigenvalue weighted by Gasteiger charge is -2.11. The highest BCUT2D eigenvalue weighted by Crippen LogP contribution is 2.22. The molecule has 0 saturated carbocycles. The Kier molecular flexibility index (Phi) is 4.30. The molecule has 6 heteroatoms. The maximum Gasteiger partial charge on any atom is 0.339 e. The monoisotopic (exact) mass is 359 g/mol. The molecular weight excluding hydrogens is 342 g/mol. The van der Waals surface area contributed by atoms with E-state index < -0.39 is 5.97 Å². The van der Waals surface area contributed by atoms with Crippen molar-refractivity contribution in [3.8, 4) is 11.4 Å². The predicted molar refractivity (Wildman–Crippen MR) is 101 cm³/mol. The summed E-state index contributed by atoms with van der Waals surface area (Å²) in [5.41, 5.74) is 3.95. The quantitative estimate of drug-likeness (QED) is 0.583. The first kappa shape index (κ1) is 16.8. The third-order valence-electron chi connectivity index (χ3n) is 4.33. The second-order valence-corrected chi connectivity index (χ2v) is 6.12. The molecule has 1 N–H and O–H groups in total. The molecule has 0 atom stereocenters. The van der Waals surface area contributed by atoms with Gasteiger partial charge in [0.2, 0.25) is 0 Å². The Bertz CT molecular complexity index is 1120. The predicted octanol–water partition coefficient (Wildman–Crippen LogP) is 4.01. The van der Waals surface area contributed by atoms with Gasteiger partial charge in [-0.2, -0.15) is 0 Å². The molecule has 0 aliphatic heterocycles. The number of aromatic nitrogens is 3. The minimum Gasteiger partial charge on any atom is -0.488 e. The zero-order valence-electron chi connectivity index (χ0n) is 14.7. The molecule has 0 bridgehead atoms. The number of hydrogen-bond acceptors (Lipinski definition) is 4. The number of carboxylic acids is 1. The molecule has 2 aromatic heterocycles. The van der Waals surface area contributed by atoms with E-state index >= 15 is 0 Å². The zero-order valence-corrected chi connectivity index (χ0v) is 14.7. The van der Waals surface area contributed by atoms with Crippen molar-refractivity contribution >= 4 is 17.0 Å². The highest BCUT2D eigenvalue weighted by molar-refractivity contribution is 5.90. The number of rotatable bonds is 5. The lowest BCUT2D eigenvalue weighted by atomic mass is 10.2. The molecule has 0 fully saturated rings. The Morgan fingerprint density at radius 1 is 1.11 bits per heavy atom. The van der Waals surface area contributed by atoms with E-state index in [2.05, 4.69) is 14.5 Å². The van der Waals surface area contributed by atoms with Crippen LogP contribution in [0.25, 0.3) is 16.7 Å². The van der Waals surface area contributed by atoms with Crippen LogP contribution in [-0.2, 0) is 6.61 Å². The van der Waals surface area contributed by atoms with E-state index in [-0.39, 0.29) is 12.2 Å². The maximum absolute atomic E-state index is 11.3. The molecule has 6 nitrogen and oxygen atoms in total. The van der Waals surface area contributed by atoms with Gasteiger partial charge in [0.1, 0.15) is 29.3 Å². The second kappa shape index (κ2) is 6.92. The molecule has 0 aliphatic rings. The highest BCUT2D eigenvalue weighted by atomic mass is 16.5. The standard InChI is InChI=1S/C21H17N3O3/c1-14-23-18-12-22-11-10-19(18)24(14)16-8-6-15(7-9-16)13-27-20-5-3-2-4-17(20)21(25)26/h2-12H,13H2,1H3,(H,25,26). The van der Waals surface area contributed by atoms with E-state index in [1.54, 1.807) is 30.6 Å². The number of ether oxygens (including phenoxy) is 1. The number of hydrogen-bond donors (Lipinski definition) is 1. The molecule has 2 aromatic carbocycles. The summed E-state index contributed by atoms with van der Waals surface area (Å²) in [6.45, 7) is 2.25. The van der Waals surface area contributed by atoms with Crippen molar-refractivity contribution in [1.29, 1.82) is 0 Å². The third-order valence-corrected chi connectivity index (χ3v) is 4.33. The average molecular weight is 359 g/mol. The van der Waals surface area contributed by atoms with Crippen LogP contribution in [0.1, 0.15) is 21.7 Å². The number of benzene rings is 2. The Balaban J connectivity index is 1.56. The van der Waals surface area contributed by atoms with Crippen LogP contribution in [0.5, 0.6) is 5.75 Å². The fraction of sp³-hybridized carbons (Fsp3) is 0.0952. The van der Waals surface area contributed by atoms with Crippen LogP contribution in [0.2, 0.25) is 0 Å². The van der Waals surface area contributed by atoms with Crippen LogP contribution in [0.15, 0.2) is 67.0 Å². The fourth-order valence-corrected chi connectivity index (χ4v) is 3.05. The normalized spacial score (nSPS) is 10.9. The number of aromatic carboxylic acids is 1. The smallest absolute Gasteiger partial charge is 0.339 e. The topological polar surface area (TPSA) is 77.2 Å². The van der Waals surface area contributed by atoms with Gasteiger partial charge in [-0.1, -0.05) is 24.3 Å². The SMILES string of the molecule is Cc1nc2cnccc2n1-c1ccc(COc2ccccc2C(=O)O)cc1. The van der Waals surface area contributed by atoms with Gasteiger partial charge in [0, 0.05) is 11.9 Å². The van der Waals surface area contributed by atoms with Crippen molar-refractivity contribution in [2.24, 2.45) is 0 Å². The van der Waals surface area contributed by atoms with Crippen molar-refractivity contribution in [2.75, 3.05) is 0 Å². The van der Waals surface area contributed by atoms with Crippen LogP contribution in [0, 0.1) is 6.92 Å². The van der Waals surface area contributed by atoms with Gasteiger partial charge in [0.05, 0.1) is 11.7 Å². The number of nitrogens with zero attached hydrogens (tertiary/aromatic N) is 3. The van der Waals surface area contributed by atoms with E-state index in [9.17, 15) is 9.90 Å². The number of pyridine rings is 1. The average Bonchev–Trinajstić information content (AvgIpc) is 3.02. The maximum atomic E-state index is 11.3. The van der Waals surface area contributed by atoms with Gasteiger partial charge in [0.25, 0.3) is 0 Å². The lowest BCUT2D eigenvalue weighted by Crippen LogP contribution is -2.03. The van der Waals surface area contributed by atoms with Crippen molar-refractivity contribution in [1.82, 2.24) is 14.5 Å². The summed E-state index contributed by atoms with van der Waals surface area (Å²) >= 11 is 0. The van der Waals surface area contributed by atoms with Crippen LogP contribution in [-0.4, -0.2) is 25.6 Å². The molecule has 0 radical (unpaired) electrons. The van der Waals surface area contributed by atoms with Crippen LogP contribution in [0.4, 0.5) is 0 Å². The van der Waals surface area contributed by atoms with Gasteiger partial charge in [-0.25, -0.2) is 9.78 Å². The van der Waals surface area contributed by atoms with E-state index in [1.807, 2.05) is 37.3 Å². The number of carbonyl (C=O) groups is 1. The van der Waals surface area contributed by atoms with Crippen molar-refractivity contribution in [2.45, 2.75) is 13.5 Å². The molecular formula is C21H17N3O3. The van der Waals surface area contributed by atoms with Gasteiger partial charge in [-0.15, -0.1) is 0 Å². The summed E-state index contributed by atoms with van der Waals surface area (Å²) in [4.78, 5) is 19.9. The first-order valence-electron chi connectivity index (χ1n) is 8.47. The largest absolute Gasteiger partial charge is 0.488 e. The van der Waals surface area contributed by atoms with Crippen molar-refractivity contribution in [3.05, 3.63) is 83.9 Å². The van der Waals surface area contributed by atoms with Gasteiger partial charge in [-0.3, -0.25) is 9.55 Å². The number of para-hydroxylation sites is 1. The Labute approximate surface area is 155 Å². The number of carboxylic acid groups (broad SMARTS) is 1. The van der Waals surface area contributed by atoms with Crippen LogP contribution < -0.4 is 4.74 Å². The number of fused-ring (bicyclic) bond motifs is 1. The van der Waals surface area contributed by atoms with Gasteiger partial charge in [-0.05, 0) is 42.8 Å². The molecule has 0 saturated heterocycles. The molecule has 4 rings (SSSR count). The molecule has 0 unspecified atom stereocenters. The Morgan fingerprint density at radius 3 is 2.67 bits per heavy atom.